The number of rotatable bonds is 2. The fourth-order valence-electron chi connectivity index (χ4n) is 2.02. The molecule has 2 unspecified atom stereocenters. The number of benzene rings is 1. The SMILES string of the molecule is CNC(C)C1CNc2cccc(F)c21. The number of halogens is 1. The highest BCUT2D eigenvalue weighted by Crippen LogP contribution is 2.35. The van der Waals surface area contributed by atoms with E-state index in [2.05, 4.69) is 17.6 Å². The lowest BCUT2D eigenvalue weighted by Gasteiger charge is -2.18. The van der Waals surface area contributed by atoms with E-state index in [1.165, 1.54) is 6.07 Å². The Morgan fingerprint density at radius 1 is 1.57 bits per heavy atom. The third-order valence-corrected chi connectivity index (χ3v) is 3.00. The Morgan fingerprint density at radius 3 is 3.07 bits per heavy atom. The molecule has 76 valence electrons. The second-order valence-corrected chi connectivity index (χ2v) is 3.77. The van der Waals surface area contributed by atoms with E-state index in [1.807, 2.05) is 13.1 Å². The lowest BCUT2D eigenvalue weighted by atomic mass is 9.94. The monoisotopic (exact) mass is 194 g/mol. The molecule has 0 bridgehead atoms. The van der Waals surface area contributed by atoms with Crippen molar-refractivity contribution in [1.82, 2.24) is 5.32 Å². The number of hydrogen-bond acceptors (Lipinski definition) is 2. The van der Waals surface area contributed by atoms with Gasteiger partial charge in [0.15, 0.2) is 0 Å². The van der Waals surface area contributed by atoms with E-state index in [1.54, 1.807) is 6.07 Å². The quantitative estimate of drug-likeness (QED) is 0.752. The van der Waals surface area contributed by atoms with Crippen molar-refractivity contribution in [2.24, 2.45) is 0 Å². The summed E-state index contributed by atoms with van der Waals surface area (Å²) in [5.41, 5.74) is 1.77. The molecule has 2 rings (SSSR count). The van der Waals surface area contributed by atoms with Crippen molar-refractivity contribution in [3.8, 4) is 0 Å². The topological polar surface area (TPSA) is 24.1 Å². The summed E-state index contributed by atoms with van der Waals surface area (Å²) in [5, 5.41) is 6.39. The molecule has 0 fully saturated rings. The Balaban J connectivity index is 2.38. The molecular weight excluding hydrogens is 179 g/mol. The molecule has 1 aromatic rings. The van der Waals surface area contributed by atoms with Crippen LogP contribution in [-0.4, -0.2) is 19.6 Å². The largest absolute Gasteiger partial charge is 0.384 e. The summed E-state index contributed by atoms with van der Waals surface area (Å²) in [7, 11) is 1.91. The van der Waals surface area contributed by atoms with Crippen LogP contribution in [0.2, 0.25) is 0 Å². The lowest BCUT2D eigenvalue weighted by Crippen LogP contribution is -2.30. The van der Waals surface area contributed by atoms with Crippen molar-refractivity contribution in [1.29, 1.82) is 0 Å². The van der Waals surface area contributed by atoms with Crippen LogP contribution >= 0.6 is 0 Å². The van der Waals surface area contributed by atoms with Crippen molar-refractivity contribution < 1.29 is 4.39 Å². The van der Waals surface area contributed by atoms with Gasteiger partial charge in [0, 0.05) is 29.8 Å². The molecule has 0 aliphatic carbocycles. The minimum Gasteiger partial charge on any atom is -0.384 e. The summed E-state index contributed by atoms with van der Waals surface area (Å²) in [4.78, 5) is 0. The molecule has 0 radical (unpaired) electrons. The highest BCUT2D eigenvalue weighted by molar-refractivity contribution is 5.58. The van der Waals surface area contributed by atoms with Gasteiger partial charge < -0.3 is 10.6 Å². The maximum Gasteiger partial charge on any atom is 0.128 e. The fourth-order valence-corrected chi connectivity index (χ4v) is 2.02. The van der Waals surface area contributed by atoms with Gasteiger partial charge >= 0.3 is 0 Å². The van der Waals surface area contributed by atoms with Crippen LogP contribution in [0, 0.1) is 5.82 Å². The van der Waals surface area contributed by atoms with Gasteiger partial charge in [-0.15, -0.1) is 0 Å². The van der Waals surface area contributed by atoms with Gasteiger partial charge in [-0.2, -0.15) is 0 Å². The number of nitrogens with one attached hydrogen (secondary N) is 2. The van der Waals surface area contributed by atoms with Crippen LogP contribution in [0.3, 0.4) is 0 Å². The highest BCUT2D eigenvalue weighted by Gasteiger charge is 2.28. The number of likely N-dealkylation sites (N-methyl/N-ethyl adjacent to an activating group) is 1. The molecule has 1 heterocycles. The van der Waals surface area contributed by atoms with Gasteiger partial charge in [-0.25, -0.2) is 4.39 Å². The van der Waals surface area contributed by atoms with Crippen molar-refractivity contribution in [2.75, 3.05) is 18.9 Å². The minimum absolute atomic E-state index is 0.0976. The summed E-state index contributed by atoms with van der Waals surface area (Å²) in [6.07, 6.45) is 0. The molecule has 2 N–H and O–H groups in total. The Kier molecular flexibility index (Phi) is 2.42. The second-order valence-electron chi connectivity index (χ2n) is 3.77. The van der Waals surface area contributed by atoms with Gasteiger partial charge in [0.2, 0.25) is 0 Å². The molecule has 14 heavy (non-hydrogen) atoms. The maximum absolute atomic E-state index is 13.6. The van der Waals surface area contributed by atoms with Crippen LogP contribution in [0.5, 0.6) is 0 Å². The molecule has 2 nitrogen and oxygen atoms in total. The van der Waals surface area contributed by atoms with E-state index >= 15 is 0 Å². The third kappa shape index (κ3) is 1.38. The van der Waals surface area contributed by atoms with E-state index in [0.717, 1.165) is 17.8 Å². The smallest absolute Gasteiger partial charge is 0.128 e. The first-order valence-electron chi connectivity index (χ1n) is 4.93. The van der Waals surface area contributed by atoms with Crippen LogP contribution in [0.1, 0.15) is 18.4 Å². The average Bonchev–Trinajstić information content (AvgIpc) is 2.62. The first kappa shape index (κ1) is 9.46. The number of fused-ring (bicyclic) bond motifs is 1. The van der Waals surface area contributed by atoms with Gasteiger partial charge in [0.05, 0.1) is 0 Å². The first-order chi connectivity index (χ1) is 6.74. The van der Waals surface area contributed by atoms with Gasteiger partial charge in [-0.05, 0) is 26.1 Å². The minimum atomic E-state index is -0.0976. The zero-order valence-corrected chi connectivity index (χ0v) is 8.47. The lowest BCUT2D eigenvalue weighted by molar-refractivity contribution is 0.500. The fraction of sp³-hybridized carbons (Fsp3) is 0.455. The zero-order valence-electron chi connectivity index (χ0n) is 8.47. The molecule has 1 aliphatic rings. The molecule has 3 heteroatoms. The van der Waals surface area contributed by atoms with Crippen LogP contribution in [0.25, 0.3) is 0 Å². The van der Waals surface area contributed by atoms with E-state index in [0.29, 0.717) is 6.04 Å². The van der Waals surface area contributed by atoms with Crippen molar-refractivity contribution in [3.05, 3.63) is 29.6 Å². The van der Waals surface area contributed by atoms with Gasteiger partial charge in [0.1, 0.15) is 5.82 Å². The Hall–Kier alpha value is -1.09. The molecular formula is C11H15FN2. The third-order valence-electron chi connectivity index (χ3n) is 3.00. The molecule has 0 amide bonds. The molecule has 2 atom stereocenters. The second kappa shape index (κ2) is 3.58. The first-order valence-corrected chi connectivity index (χ1v) is 4.93. The molecule has 0 saturated carbocycles. The highest BCUT2D eigenvalue weighted by atomic mass is 19.1. The van der Waals surface area contributed by atoms with Crippen molar-refractivity contribution >= 4 is 5.69 Å². The molecule has 0 aromatic heterocycles. The molecule has 0 spiro atoms. The van der Waals surface area contributed by atoms with Crippen LogP contribution in [0.4, 0.5) is 10.1 Å². The van der Waals surface area contributed by atoms with Gasteiger partial charge in [0.25, 0.3) is 0 Å². The molecule has 1 aromatic carbocycles. The zero-order chi connectivity index (χ0) is 10.1. The number of hydrogen-bond donors (Lipinski definition) is 2. The van der Waals surface area contributed by atoms with Crippen molar-refractivity contribution in [3.63, 3.8) is 0 Å². The summed E-state index contributed by atoms with van der Waals surface area (Å²) < 4.78 is 13.6. The molecule has 0 saturated heterocycles. The van der Waals surface area contributed by atoms with E-state index < -0.39 is 0 Å². The molecule has 1 aliphatic heterocycles. The maximum atomic E-state index is 13.6. The summed E-state index contributed by atoms with van der Waals surface area (Å²) in [5.74, 6) is 0.135. The van der Waals surface area contributed by atoms with E-state index in [-0.39, 0.29) is 11.7 Å². The van der Waals surface area contributed by atoms with E-state index in [9.17, 15) is 4.39 Å². The van der Waals surface area contributed by atoms with Gasteiger partial charge in [-0.3, -0.25) is 0 Å². The van der Waals surface area contributed by atoms with Crippen LogP contribution in [-0.2, 0) is 0 Å². The Labute approximate surface area is 83.5 Å². The average molecular weight is 194 g/mol. The van der Waals surface area contributed by atoms with Gasteiger partial charge in [-0.1, -0.05) is 6.07 Å². The van der Waals surface area contributed by atoms with Crippen molar-refractivity contribution in [2.45, 2.75) is 18.9 Å². The Morgan fingerprint density at radius 2 is 2.36 bits per heavy atom. The van der Waals surface area contributed by atoms with Crippen LogP contribution < -0.4 is 10.6 Å². The predicted octanol–water partition coefficient (Wildman–Crippen LogP) is 1.94. The Bertz CT molecular complexity index is 338. The summed E-state index contributed by atoms with van der Waals surface area (Å²) in [6.45, 7) is 2.90. The number of anilines is 1. The summed E-state index contributed by atoms with van der Waals surface area (Å²) >= 11 is 0. The van der Waals surface area contributed by atoms with Crippen LogP contribution in [0.15, 0.2) is 18.2 Å². The predicted molar refractivity (Wildman–Crippen MR) is 56.2 cm³/mol. The van der Waals surface area contributed by atoms with E-state index in [4.69, 9.17) is 0 Å². The standard InChI is InChI=1S/C11H15FN2/c1-7(13-2)8-6-14-10-5-3-4-9(12)11(8)10/h3-5,7-8,13-14H,6H2,1-2H3. The normalized spacial score (nSPS) is 21.5. The summed E-state index contributed by atoms with van der Waals surface area (Å²) in [6, 6.07) is 5.50.